The molecule has 4 fully saturated rings. The SMILES string of the molecule is CC[C@H]1OC(=O)[C@H](C)[C@@H](O[C@H]2C[C@@](C)(OC)[C@@H](OC(=O)NNC(=O)c3cc([N+](=O)[O-])cc([N+](=O)[O-])c3)[C@H](C)O2)[C@H](C)[C@@H](O[C@@H]2O[C@H](C)C[C@H](N(C)C)[C@H]2O)[C@](C)(O)C[C@@H](C)CN(C)[C@H](C)[C@H]2OC(=O)O[C@@]21C. The van der Waals surface area contributed by atoms with E-state index >= 15 is 0 Å². The third-order valence-electron chi connectivity index (χ3n) is 14.7. The van der Waals surface area contributed by atoms with Crippen LogP contribution in [-0.2, 0) is 47.4 Å². The van der Waals surface area contributed by atoms with Crippen LogP contribution in [0.5, 0.6) is 0 Å². The number of nitro benzene ring substituents is 2. The van der Waals surface area contributed by atoms with Crippen molar-refractivity contribution in [2.45, 2.75) is 185 Å². The molecule has 0 aliphatic carbocycles. The normalized spacial score (nSPS) is 39.3. The summed E-state index contributed by atoms with van der Waals surface area (Å²) in [7, 11) is 6.91. The van der Waals surface area contributed by atoms with Gasteiger partial charge in [0.1, 0.15) is 17.8 Å². The molecule has 4 aliphatic heterocycles. The summed E-state index contributed by atoms with van der Waals surface area (Å²) in [5.74, 6) is -4.18. The molecule has 1 aromatic carbocycles. The number of cyclic esters (lactones) is 1. The molecule has 4 saturated heterocycles. The summed E-state index contributed by atoms with van der Waals surface area (Å²) in [5, 5.41) is 47.3. The molecule has 0 bridgehead atoms. The second kappa shape index (κ2) is 23.1. The number of nitrogens with zero attached hydrogens (tertiary/aromatic N) is 4. The molecule has 1 aromatic rings. The molecule has 4 heterocycles. The Morgan fingerprint density at radius 2 is 1.56 bits per heavy atom. The van der Waals surface area contributed by atoms with Gasteiger partial charge in [0.2, 0.25) is 0 Å². The van der Waals surface area contributed by atoms with Crippen LogP contribution in [0.2, 0.25) is 0 Å². The lowest BCUT2D eigenvalue weighted by atomic mass is 9.77. The van der Waals surface area contributed by atoms with Crippen molar-refractivity contribution in [3.63, 3.8) is 0 Å². The fourth-order valence-electron chi connectivity index (χ4n) is 10.8. The van der Waals surface area contributed by atoms with E-state index in [1.807, 2.05) is 62.6 Å². The predicted octanol–water partition coefficient (Wildman–Crippen LogP) is 3.98. The van der Waals surface area contributed by atoms with Crippen LogP contribution in [-0.4, -0.2) is 179 Å². The van der Waals surface area contributed by atoms with E-state index in [0.717, 1.165) is 12.1 Å². The lowest BCUT2D eigenvalue weighted by Gasteiger charge is -2.49. The second-order valence-electron chi connectivity index (χ2n) is 20.8. The largest absolute Gasteiger partial charge is 0.509 e. The monoisotopic (exact) mass is 1030 g/mol. The third kappa shape index (κ3) is 12.9. The number of hydrogen-bond acceptors (Lipinski definition) is 21. The molecule has 4 aliphatic rings. The van der Waals surface area contributed by atoms with Gasteiger partial charge in [0.05, 0.1) is 57.4 Å². The molecule has 0 saturated carbocycles. The molecule has 5 rings (SSSR count). The maximum absolute atomic E-state index is 14.7. The number of likely N-dealkylation sites (N-methyl/N-ethyl adjacent to an activating group) is 2. The van der Waals surface area contributed by atoms with E-state index in [2.05, 4.69) is 0 Å². The highest BCUT2D eigenvalue weighted by atomic mass is 16.8. The number of rotatable bonds is 11. The van der Waals surface area contributed by atoms with Crippen LogP contribution in [0.25, 0.3) is 0 Å². The fraction of sp³-hybridized carbons (Fsp3) is 0.787. The number of carbonyl (C=O) groups is 4. The van der Waals surface area contributed by atoms with E-state index in [9.17, 15) is 49.6 Å². The summed E-state index contributed by atoms with van der Waals surface area (Å²) in [5.41, 5.74) is -2.37. The van der Waals surface area contributed by atoms with Gasteiger partial charge in [-0.15, -0.1) is 0 Å². The molecule has 2 amide bonds. The van der Waals surface area contributed by atoms with Gasteiger partial charge in [0.25, 0.3) is 17.3 Å². The molecule has 0 radical (unpaired) electrons. The molecule has 0 unspecified atom stereocenters. The van der Waals surface area contributed by atoms with Gasteiger partial charge in [0.15, 0.2) is 30.4 Å². The number of hydrazine groups is 1. The van der Waals surface area contributed by atoms with Crippen LogP contribution in [0.4, 0.5) is 21.0 Å². The Morgan fingerprint density at radius 3 is 2.12 bits per heavy atom. The Balaban J connectivity index is 1.48. The van der Waals surface area contributed by atoms with Crippen LogP contribution in [0.15, 0.2) is 18.2 Å². The minimum Gasteiger partial charge on any atom is -0.458 e. The molecule has 25 nitrogen and oxygen atoms in total. The second-order valence-corrected chi connectivity index (χ2v) is 20.8. The van der Waals surface area contributed by atoms with E-state index in [1.165, 1.54) is 7.11 Å². The Bertz CT molecular complexity index is 2100. The number of fused-ring (bicyclic) bond motifs is 1. The van der Waals surface area contributed by atoms with Crippen molar-refractivity contribution >= 4 is 35.5 Å². The Hall–Kier alpha value is -4.86. The van der Waals surface area contributed by atoms with Gasteiger partial charge in [-0.3, -0.25) is 40.1 Å². The number of aliphatic hydroxyl groups excluding tert-OH is 1. The molecular weight excluding hydrogens is 953 g/mol. The number of esters is 1. The molecule has 0 spiro atoms. The van der Waals surface area contributed by atoms with Crippen molar-refractivity contribution in [1.29, 1.82) is 0 Å². The summed E-state index contributed by atoms with van der Waals surface area (Å²) < 4.78 is 55.8. The first-order valence-corrected chi connectivity index (χ1v) is 24.2. The zero-order valence-electron chi connectivity index (χ0n) is 43.6. The zero-order valence-corrected chi connectivity index (χ0v) is 43.6. The summed E-state index contributed by atoms with van der Waals surface area (Å²) in [4.78, 5) is 78.6. The first-order chi connectivity index (χ1) is 33.5. The number of benzene rings is 1. The zero-order chi connectivity index (χ0) is 53.9. The van der Waals surface area contributed by atoms with Gasteiger partial charge in [-0.05, 0) is 94.8 Å². The topological polar surface area (TPSA) is 309 Å². The van der Waals surface area contributed by atoms with Crippen LogP contribution in [0, 0.1) is 38.0 Å². The average molecular weight is 1030 g/mol. The quantitative estimate of drug-likeness (QED) is 0.105. The lowest BCUT2D eigenvalue weighted by Crippen LogP contribution is -2.61. The smallest absolute Gasteiger partial charge is 0.458 e. The van der Waals surface area contributed by atoms with Crippen LogP contribution in [0.1, 0.15) is 105 Å². The summed E-state index contributed by atoms with van der Waals surface area (Å²) in [6, 6.07) is 1.47. The number of non-ortho nitro benzene ring substituents is 2. The van der Waals surface area contributed by atoms with Crippen molar-refractivity contribution in [2.24, 2.45) is 17.8 Å². The first-order valence-electron chi connectivity index (χ1n) is 24.2. The summed E-state index contributed by atoms with van der Waals surface area (Å²) in [6.45, 7) is 17.7. The van der Waals surface area contributed by atoms with Gasteiger partial charge in [0, 0.05) is 50.2 Å². The van der Waals surface area contributed by atoms with E-state index in [1.54, 1.807) is 48.5 Å². The van der Waals surface area contributed by atoms with Crippen LogP contribution >= 0.6 is 0 Å². The lowest BCUT2D eigenvalue weighted by molar-refractivity contribution is -0.394. The van der Waals surface area contributed by atoms with Crippen molar-refractivity contribution in [2.75, 3.05) is 34.8 Å². The Morgan fingerprint density at radius 1 is 0.931 bits per heavy atom. The van der Waals surface area contributed by atoms with Crippen molar-refractivity contribution in [1.82, 2.24) is 20.7 Å². The number of aliphatic hydroxyl groups is 2. The average Bonchev–Trinajstić information content (AvgIpc) is 3.62. The molecule has 18 atom stereocenters. The highest BCUT2D eigenvalue weighted by Crippen LogP contribution is 2.42. The third-order valence-corrected chi connectivity index (χ3v) is 14.7. The predicted molar refractivity (Wildman–Crippen MR) is 252 cm³/mol. The number of nitrogens with one attached hydrogen (secondary N) is 2. The Kier molecular flexibility index (Phi) is 18.6. The standard InChI is InChI=1S/C47H74N6O19/c1-15-33-47(10)38(71-44(58)72-47)27(6)51(13)22-23(2)20-45(8,59)37(69-42-35(54)32(50(11)12)16-24(3)65-42)25(4)36(26(5)41(56)67-33)68-34-21-46(9,64-14)39(28(7)66-34)70-43(57)49-48-40(55)29-17-30(52(60)61)19-31(18-29)53(62)63/h17-19,23-28,32-39,42,54,59H,15-16,20-22H2,1-14H3,(H,48,55)(H,49,57)/t23-,24-,25+,26-,27-,28+,32+,33-,34+,35-,36+,37-,38-,39+,42+,45-,46-,47-/m1/s1. The number of carbonyl (C=O) groups excluding carboxylic acids is 4. The highest BCUT2D eigenvalue weighted by molar-refractivity contribution is 5.96. The van der Waals surface area contributed by atoms with Crippen molar-refractivity contribution in [3.05, 3.63) is 44.0 Å². The van der Waals surface area contributed by atoms with E-state index in [-0.39, 0.29) is 37.3 Å². The molecule has 0 aromatic heterocycles. The molecule has 406 valence electrons. The number of amides is 2. The highest BCUT2D eigenvalue weighted by Gasteiger charge is 2.58. The van der Waals surface area contributed by atoms with E-state index < -0.39 is 141 Å². The van der Waals surface area contributed by atoms with Crippen LogP contribution in [0.3, 0.4) is 0 Å². The summed E-state index contributed by atoms with van der Waals surface area (Å²) in [6.07, 6.45) is -11.8. The minimum atomic E-state index is -1.69. The van der Waals surface area contributed by atoms with Crippen LogP contribution < -0.4 is 10.9 Å². The van der Waals surface area contributed by atoms with Gasteiger partial charge in [-0.2, -0.15) is 0 Å². The molecule has 4 N–H and O–H groups in total. The number of methoxy groups -OCH3 is 1. The van der Waals surface area contributed by atoms with Crippen molar-refractivity contribution in [3.8, 4) is 0 Å². The molecular formula is C47H74N6O19. The number of hydrogen-bond donors (Lipinski definition) is 4. The number of ether oxygens (including phenoxy) is 9. The maximum Gasteiger partial charge on any atom is 0.509 e. The first kappa shape index (κ1) is 58.0. The van der Waals surface area contributed by atoms with Gasteiger partial charge < -0.3 is 57.7 Å². The van der Waals surface area contributed by atoms with Gasteiger partial charge >= 0.3 is 18.2 Å². The Labute approximate surface area is 419 Å². The van der Waals surface area contributed by atoms with Gasteiger partial charge in [-0.1, -0.05) is 20.8 Å². The fourth-order valence-corrected chi connectivity index (χ4v) is 10.8. The van der Waals surface area contributed by atoms with Gasteiger partial charge in [-0.25, -0.2) is 15.0 Å². The minimum absolute atomic E-state index is 0.138. The van der Waals surface area contributed by atoms with Crippen molar-refractivity contribution < 1.29 is 81.9 Å². The maximum atomic E-state index is 14.7. The van der Waals surface area contributed by atoms with E-state index in [4.69, 9.17) is 42.6 Å². The molecule has 25 heteroatoms. The number of nitro groups is 2. The summed E-state index contributed by atoms with van der Waals surface area (Å²) >= 11 is 0. The van der Waals surface area contributed by atoms with E-state index in [0.29, 0.717) is 19.0 Å². The molecule has 72 heavy (non-hydrogen) atoms.